The first-order valence-corrected chi connectivity index (χ1v) is 8.45. The Bertz CT molecular complexity index is 1060. The molecular formula is C22H18N4. The first kappa shape index (κ1) is 16.0. The van der Waals surface area contributed by atoms with Gasteiger partial charge in [0.05, 0.1) is 23.1 Å². The highest BCUT2D eigenvalue weighted by Crippen LogP contribution is 2.29. The number of rotatable bonds is 4. The number of hydrogen-bond acceptors (Lipinski definition) is 4. The van der Waals surface area contributed by atoms with Crippen molar-refractivity contribution in [2.24, 2.45) is 5.10 Å². The normalized spacial score (nSPS) is 11.1. The molecule has 0 aliphatic heterocycles. The molecule has 0 aliphatic rings. The minimum absolute atomic E-state index is 0.918. The monoisotopic (exact) mass is 338 g/mol. The maximum atomic E-state index is 4.81. The van der Waals surface area contributed by atoms with Gasteiger partial charge in [-0.2, -0.15) is 5.10 Å². The summed E-state index contributed by atoms with van der Waals surface area (Å²) in [4.78, 5) is 8.91. The number of nitrogens with one attached hydrogen (secondary N) is 1. The van der Waals surface area contributed by atoms with Gasteiger partial charge in [-0.25, -0.2) is 4.98 Å². The molecule has 2 aromatic heterocycles. The molecule has 4 heteroatoms. The molecule has 4 aromatic rings. The number of anilines is 1. The van der Waals surface area contributed by atoms with Gasteiger partial charge in [-0.15, -0.1) is 0 Å². The first-order chi connectivity index (χ1) is 12.8. The topological polar surface area (TPSA) is 50.2 Å². The van der Waals surface area contributed by atoms with Crippen LogP contribution in [0.3, 0.4) is 0 Å². The van der Waals surface area contributed by atoms with E-state index >= 15 is 0 Å². The summed E-state index contributed by atoms with van der Waals surface area (Å²) in [5, 5.41) is 5.43. The van der Waals surface area contributed by atoms with E-state index in [-0.39, 0.29) is 0 Å². The smallest absolute Gasteiger partial charge is 0.0731 e. The molecule has 0 atom stereocenters. The van der Waals surface area contributed by atoms with Crippen molar-refractivity contribution in [3.63, 3.8) is 0 Å². The van der Waals surface area contributed by atoms with E-state index in [1.807, 2.05) is 42.5 Å². The molecule has 0 fully saturated rings. The molecule has 2 heterocycles. The summed E-state index contributed by atoms with van der Waals surface area (Å²) in [6.45, 7) is 2.08. The summed E-state index contributed by atoms with van der Waals surface area (Å²) < 4.78 is 0. The third-order valence-corrected chi connectivity index (χ3v) is 4.12. The van der Waals surface area contributed by atoms with Gasteiger partial charge >= 0.3 is 0 Å². The van der Waals surface area contributed by atoms with E-state index in [1.54, 1.807) is 18.6 Å². The molecule has 0 aliphatic carbocycles. The lowest BCUT2D eigenvalue weighted by atomic mass is 10.1. The van der Waals surface area contributed by atoms with Crippen LogP contribution in [0.25, 0.3) is 22.2 Å². The summed E-state index contributed by atoms with van der Waals surface area (Å²) in [6.07, 6.45) is 5.28. The van der Waals surface area contributed by atoms with E-state index in [1.165, 1.54) is 5.56 Å². The highest BCUT2D eigenvalue weighted by Gasteiger charge is 2.07. The molecule has 0 unspecified atom stereocenters. The predicted molar refractivity (Wildman–Crippen MR) is 107 cm³/mol. The Hall–Kier alpha value is -3.53. The Balaban J connectivity index is 1.76. The number of fused-ring (bicyclic) bond motifs is 1. The zero-order chi connectivity index (χ0) is 17.8. The summed E-state index contributed by atoms with van der Waals surface area (Å²) in [6, 6.07) is 22.3. The fraction of sp³-hybridized carbons (Fsp3) is 0.0455. The molecular weight excluding hydrogens is 320 g/mol. The number of aromatic nitrogens is 2. The molecule has 0 saturated carbocycles. The van der Waals surface area contributed by atoms with Gasteiger partial charge in [0.2, 0.25) is 0 Å². The van der Waals surface area contributed by atoms with Gasteiger partial charge in [0.15, 0.2) is 0 Å². The molecule has 0 radical (unpaired) electrons. The molecule has 0 spiro atoms. The Labute approximate surface area is 152 Å². The van der Waals surface area contributed by atoms with Crippen LogP contribution < -0.4 is 5.43 Å². The number of aryl methyl sites for hydroxylation is 1. The fourth-order valence-electron chi connectivity index (χ4n) is 2.82. The van der Waals surface area contributed by atoms with Crippen LogP contribution in [0.15, 0.2) is 84.2 Å². The SMILES string of the molecule is Cc1ccc2nc(-c3ccccc3)cc(N/N=C/c3cccnc3)c2c1. The van der Waals surface area contributed by atoms with Crippen LogP contribution in [0.5, 0.6) is 0 Å². The Morgan fingerprint density at radius 1 is 0.962 bits per heavy atom. The lowest BCUT2D eigenvalue weighted by molar-refractivity contribution is 1.30. The van der Waals surface area contributed by atoms with Gasteiger partial charge in [-0.05, 0) is 31.2 Å². The second kappa shape index (κ2) is 7.15. The molecule has 126 valence electrons. The number of benzene rings is 2. The van der Waals surface area contributed by atoms with Crippen LogP contribution in [0.1, 0.15) is 11.1 Å². The van der Waals surface area contributed by atoms with Crippen molar-refractivity contribution in [2.75, 3.05) is 5.43 Å². The van der Waals surface area contributed by atoms with Gasteiger partial charge in [-0.3, -0.25) is 10.4 Å². The Morgan fingerprint density at radius 2 is 1.85 bits per heavy atom. The molecule has 0 bridgehead atoms. The predicted octanol–water partition coefficient (Wildman–Crippen LogP) is 5.05. The van der Waals surface area contributed by atoms with Crippen molar-refractivity contribution < 1.29 is 0 Å². The fourth-order valence-corrected chi connectivity index (χ4v) is 2.82. The van der Waals surface area contributed by atoms with Crippen molar-refractivity contribution in [2.45, 2.75) is 6.92 Å². The molecule has 0 amide bonds. The van der Waals surface area contributed by atoms with Crippen molar-refractivity contribution in [1.82, 2.24) is 9.97 Å². The third-order valence-electron chi connectivity index (χ3n) is 4.12. The summed E-state index contributed by atoms with van der Waals surface area (Å²) >= 11 is 0. The highest BCUT2D eigenvalue weighted by atomic mass is 15.3. The van der Waals surface area contributed by atoms with Crippen LogP contribution in [-0.2, 0) is 0 Å². The van der Waals surface area contributed by atoms with Gasteiger partial charge in [0, 0.05) is 28.9 Å². The van der Waals surface area contributed by atoms with Crippen LogP contribution in [-0.4, -0.2) is 16.2 Å². The van der Waals surface area contributed by atoms with E-state index in [4.69, 9.17) is 4.98 Å². The molecule has 0 saturated heterocycles. The standard InChI is InChI=1S/C22H18N4/c1-16-9-10-20-19(12-16)22(26-24-15-17-6-5-11-23-14-17)13-21(25-20)18-7-3-2-4-8-18/h2-15H,1H3,(H,25,26)/b24-15+. The van der Waals surface area contributed by atoms with Crippen LogP contribution in [0, 0.1) is 6.92 Å². The molecule has 1 N–H and O–H groups in total. The highest BCUT2D eigenvalue weighted by molar-refractivity contribution is 5.94. The molecule has 26 heavy (non-hydrogen) atoms. The number of hydrogen-bond donors (Lipinski definition) is 1. The number of pyridine rings is 2. The molecule has 4 nitrogen and oxygen atoms in total. The van der Waals surface area contributed by atoms with E-state index in [2.05, 4.69) is 46.7 Å². The molecule has 4 rings (SSSR count). The minimum Gasteiger partial charge on any atom is -0.278 e. The Morgan fingerprint density at radius 3 is 2.65 bits per heavy atom. The van der Waals surface area contributed by atoms with Crippen molar-refractivity contribution in [3.8, 4) is 11.3 Å². The van der Waals surface area contributed by atoms with Crippen LogP contribution in [0.2, 0.25) is 0 Å². The first-order valence-electron chi connectivity index (χ1n) is 8.45. The lowest BCUT2D eigenvalue weighted by Crippen LogP contribution is -1.95. The van der Waals surface area contributed by atoms with Crippen LogP contribution in [0.4, 0.5) is 5.69 Å². The van der Waals surface area contributed by atoms with E-state index < -0.39 is 0 Å². The average Bonchev–Trinajstić information content (AvgIpc) is 2.69. The largest absolute Gasteiger partial charge is 0.278 e. The second-order valence-electron chi connectivity index (χ2n) is 6.10. The van der Waals surface area contributed by atoms with E-state index in [0.717, 1.165) is 33.4 Å². The van der Waals surface area contributed by atoms with Gasteiger partial charge < -0.3 is 0 Å². The quantitative estimate of drug-likeness (QED) is 0.418. The van der Waals surface area contributed by atoms with Crippen molar-refractivity contribution >= 4 is 22.8 Å². The van der Waals surface area contributed by atoms with Crippen LogP contribution >= 0.6 is 0 Å². The Kier molecular flexibility index (Phi) is 4.39. The van der Waals surface area contributed by atoms with Gasteiger partial charge in [0.25, 0.3) is 0 Å². The zero-order valence-electron chi connectivity index (χ0n) is 14.4. The van der Waals surface area contributed by atoms with Crippen molar-refractivity contribution in [3.05, 3.63) is 90.3 Å². The average molecular weight is 338 g/mol. The zero-order valence-corrected chi connectivity index (χ0v) is 14.4. The van der Waals surface area contributed by atoms with Gasteiger partial charge in [-0.1, -0.05) is 48.0 Å². The lowest BCUT2D eigenvalue weighted by Gasteiger charge is -2.10. The summed E-state index contributed by atoms with van der Waals surface area (Å²) in [5.74, 6) is 0. The molecule has 2 aromatic carbocycles. The number of nitrogens with zero attached hydrogens (tertiary/aromatic N) is 3. The maximum absolute atomic E-state index is 4.81. The van der Waals surface area contributed by atoms with Crippen molar-refractivity contribution in [1.29, 1.82) is 0 Å². The minimum atomic E-state index is 0.918. The maximum Gasteiger partial charge on any atom is 0.0731 e. The second-order valence-corrected chi connectivity index (χ2v) is 6.10. The number of hydrazone groups is 1. The van der Waals surface area contributed by atoms with Gasteiger partial charge in [0.1, 0.15) is 0 Å². The third kappa shape index (κ3) is 3.44. The summed E-state index contributed by atoms with van der Waals surface area (Å²) in [7, 11) is 0. The van der Waals surface area contributed by atoms with E-state index in [9.17, 15) is 0 Å². The van der Waals surface area contributed by atoms with E-state index in [0.29, 0.717) is 0 Å². The summed E-state index contributed by atoms with van der Waals surface area (Å²) in [5.41, 5.74) is 9.17.